The Balaban J connectivity index is 0.00000324. The maximum Gasteiger partial charge on any atom is 1.00 e. The van der Waals surface area contributed by atoms with E-state index in [1.807, 2.05) is 30.5 Å². The molecule has 0 fully saturated rings. The minimum Gasteiger partial charge on any atom is -0.545 e. The topological polar surface area (TPSA) is 92.2 Å². The second kappa shape index (κ2) is 11.8. The van der Waals surface area contributed by atoms with Crippen molar-refractivity contribution >= 4 is 51.8 Å². The van der Waals surface area contributed by atoms with Crippen molar-refractivity contribution in [2.45, 2.75) is 11.3 Å². The first-order chi connectivity index (χ1) is 16.0. The summed E-state index contributed by atoms with van der Waals surface area (Å²) in [4.78, 5) is 27.0. The van der Waals surface area contributed by atoms with Crippen LogP contribution in [0, 0.1) is 0 Å². The van der Waals surface area contributed by atoms with Crippen molar-refractivity contribution in [1.29, 1.82) is 0 Å². The molecule has 4 aromatic rings. The van der Waals surface area contributed by atoms with Gasteiger partial charge in [0.25, 0.3) is 0 Å². The largest absolute Gasteiger partial charge is 1.00 e. The van der Waals surface area contributed by atoms with E-state index < -0.39 is 5.97 Å². The van der Waals surface area contributed by atoms with Gasteiger partial charge < -0.3 is 14.6 Å². The van der Waals surface area contributed by atoms with Crippen molar-refractivity contribution in [3.8, 4) is 5.75 Å². The molecule has 0 atom stereocenters. The Bertz CT molecular complexity index is 1350. The summed E-state index contributed by atoms with van der Waals surface area (Å²) >= 11 is 2.61. The van der Waals surface area contributed by atoms with E-state index in [2.05, 4.69) is 8.75 Å². The Morgan fingerprint density at radius 2 is 1.59 bits per heavy atom. The van der Waals surface area contributed by atoms with Gasteiger partial charge in [0.15, 0.2) is 5.78 Å². The molecule has 4 rings (SSSR count). The van der Waals surface area contributed by atoms with Crippen LogP contribution in [0.3, 0.4) is 0 Å². The molecule has 9 heteroatoms. The average Bonchev–Trinajstić information content (AvgIpc) is 3.31. The van der Waals surface area contributed by atoms with Gasteiger partial charge in [-0.25, -0.2) is 0 Å². The normalized spacial score (nSPS) is 11.5. The van der Waals surface area contributed by atoms with E-state index in [1.54, 1.807) is 61.3 Å². The number of fused-ring (bicyclic) bond motifs is 1. The molecule has 0 aliphatic rings. The summed E-state index contributed by atoms with van der Waals surface area (Å²) in [5.41, 5.74) is 2.75. The number of nitrogens with zero attached hydrogens (tertiary/aromatic N) is 2. The Morgan fingerprint density at radius 3 is 2.21 bits per heavy atom. The molecule has 3 aromatic carbocycles. The second-order valence-electron chi connectivity index (χ2n) is 7.19. The van der Waals surface area contributed by atoms with Gasteiger partial charge in [0.2, 0.25) is 0 Å². The van der Waals surface area contributed by atoms with Crippen molar-refractivity contribution in [2.24, 2.45) is 0 Å². The van der Waals surface area contributed by atoms with E-state index in [4.69, 9.17) is 4.74 Å². The number of ether oxygens (including phenoxy) is 1. The maximum absolute atomic E-state index is 13.6. The third-order valence-corrected chi connectivity index (χ3v) is 6.51. The molecule has 0 amide bonds. The Hall–Kier alpha value is -2.49. The van der Waals surface area contributed by atoms with Crippen molar-refractivity contribution in [3.63, 3.8) is 0 Å². The van der Waals surface area contributed by atoms with Gasteiger partial charge >= 0.3 is 29.6 Å². The minimum atomic E-state index is -1.42. The van der Waals surface area contributed by atoms with Crippen LogP contribution in [-0.2, 0) is 11.2 Å². The summed E-state index contributed by atoms with van der Waals surface area (Å²) in [6.07, 6.45) is 2.06. The predicted molar refractivity (Wildman–Crippen MR) is 129 cm³/mol. The number of carboxylic acid groups (broad SMARTS) is 1. The summed E-state index contributed by atoms with van der Waals surface area (Å²) in [7, 11) is 1.57. The summed E-state index contributed by atoms with van der Waals surface area (Å²) in [6.45, 7) is 0. The molecule has 1 aromatic heterocycles. The van der Waals surface area contributed by atoms with Crippen molar-refractivity contribution in [2.75, 3.05) is 13.4 Å². The number of rotatable bonds is 8. The predicted octanol–water partition coefficient (Wildman–Crippen LogP) is 1.05. The van der Waals surface area contributed by atoms with Gasteiger partial charge in [-0.15, -0.1) is 11.8 Å². The Kier molecular flexibility index (Phi) is 9.04. The molecule has 0 aliphatic carbocycles. The van der Waals surface area contributed by atoms with Gasteiger partial charge in [-0.2, -0.15) is 8.75 Å². The molecule has 166 valence electrons. The number of ketones is 1. The van der Waals surface area contributed by atoms with Gasteiger partial charge in [-0.1, -0.05) is 18.2 Å². The molecule has 0 N–H and O–H groups in total. The molecule has 0 bridgehead atoms. The Morgan fingerprint density at radius 1 is 0.941 bits per heavy atom. The number of aliphatic carboxylic acids is 1. The molecule has 0 radical (unpaired) electrons. The summed E-state index contributed by atoms with van der Waals surface area (Å²) < 4.78 is 13.6. The standard InChI is InChI=1S/C25H20N2O4S2.Na/c1-31-18-8-3-15(4-9-18)13-20(24(28)16-5-10-19(32-2)11-6-16)23(25(29)30)17-7-12-21-22(14-17)27-33-26-21;/h3-12,14H,13H2,1-2H3,(H,29,30);/q;+1/p-1/b23-20+;. The molecule has 0 saturated carbocycles. The Labute approximate surface area is 227 Å². The van der Waals surface area contributed by atoms with E-state index >= 15 is 0 Å². The molecule has 0 spiro atoms. The second-order valence-corrected chi connectivity index (χ2v) is 8.60. The van der Waals surface area contributed by atoms with E-state index in [0.29, 0.717) is 27.9 Å². The number of carbonyl (C=O) groups excluding carboxylic acids is 2. The fourth-order valence-corrected chi connectivity index (χ4v) is 4.42. The smallest absolute Gasteiger partial charge is 0.545 e. The molecule has 0 saturated heterocycles. The van der Waals surface area contributed by atoms with E-state index in [9.17, 15) is 14.7 Å². The number of aromatic nitrogens is 2. The molecule has 0 aliphatic heterocycles. The van der Waals surface area contributed by atoms with Crippen LogP contribution in [0.5, 0.6) is 5.75 Å². The van der Waals surface area contributed by atoms with Crippen molar-refractivity contribution in [1.82, 2.24) is 8.75 Å². The van der Waals surface area contributed by atoms with Crippen LogP contribution in [0.25, 0.3) is 16.6 Å². The van der Waals surface area contributed by atoms with Crippen LogP contribution in [0.2, 0.25) is 0 Å². The molecule has 34 heavy (non-hydrogen) atoms. The van der Waals surface area contributed by atoms with E-state index in [0.717, 1.165) is 22.2 Å². The van der Waals surface area contributed by atoms with Crippen LogP contribution in [0.15, 0.2) is 77.2 Å². The number of hydrogen-bond acceptors (Lipinski definition) is 8. The van der Waals surface area contributed by atoms with E-state index in [1.165, 1.54) is 0 Å². The first-order valence-corrected chi connectivity index (χ1v) is 11.9. The van der Waals surface area contributed by atoms with Gasteiger partial charge in [-0.3, -0.25) is 4.79 Å². The number of Topliss-reactive ketones (excluding diaryl/α,β-unsaturated/α-hetero) is 1. The summed E-state index contributed by atoms with van der Waals surface area (Å²) in [6, 6.07) is 19.2. The minimum absolute atomic E-state index is 0. The van der Waals surface area contributed by atoms with Gasteiger partial charge in [0, 0.05) is 28.0 Å². The fraction of sp³-hybridized carbons (Fsp3) is 0.120. The number of methoxy groups -OCH3 is 1. The zero-order chi connectivity index (χ0) is 23.4. The van der Waals surface area contributed by atoms with Gasteiger partial charge in [0.05, 0.1) is 24.8 Å². The number of hydrogen-bond donors (Lipinski definition) is 0. The maximum atomic E-state index is 13.6. The van der Waals surface area contributed by atoms with Crippen molar-refractivity contribution < 1.29 is 49.0 Å². The van der Waals surface area contributed by atoms with Crippen LogP contribution in [-0.4, -0.2) is 33.9 Å². The summed E-state index contributed by atoms with van der Waals surface area (Å²) in [5.74, 6) is -1.12. The quantitative estimate of drug-likeness (QED) is 0.155. The zero-order valence-electron chi connectivity index (χ0n) is 18.9. The molecule has 1 heterocycles. The third-order valence-electron chi connectivity index (χ3n) is 5.21. The number of benzene rings is 3. The molecule has 0 unspecified atom stereocenters. The van der Waals surface area contributed by atoms with Crippen LogP contribution in [0.4, 0.5) is 0 Å². The monoisotopic (exact) mass is 498 g/mol. The van der Waals surface area contributed by atoms with E-state index in [-0.39, 0.29) is 52.9 Å². The number of carbonyl (C=O) groups is 2. The van der Waals surface area contributed by atoms with Crippen molar-refractivity contribution in [3.05, 3.63) is 89.0 Å². The van der Waals surface area contributed by atoms with Gasteiger partial charge in [0.1, 0.15) is 16.8 Å². The van der Waals surface area contributed by atoms with Gasteiger partial charge in [-0.05, 0) is 65.9 Å². The number of thioether (sulfide) groups is 1. The first-order valence-electron chi connectivity index (χ1n) is 9.99. The van der Waals surface area contributed by atoms with Crippen LogP contribution >= 0.6 is 23.5 Å². The van der Waals surface area contributed by atoms with Crippen LogP contribution < -0.4 is 39.4 Å². The third kappa shape index (κ3) is 5.76. The average molecular weight is 499 g/mol. The number of carboxylic acids is 1. The zero-order valence-corrected chi connectivity index (χ0v) is 22.5. The SMILES string of the molecule is COc1ccc(C/C(C(=O)c2ccc(SC)cc2)=C(\C(=O)[O-])c2ccc3nsnc3c2)cc1.[Na+]. The fourth-order valence-electron chi connectivity index (χ4n) is 3.50. The number of allylic oxidation sites excluding steroid dienone is 1. The molecular weight excluding hydrogens is 479 g/mol. The molecule has 6 nitrogen and oxygen atoms in total. The molecular formula is C25H19N2NaO4S2. The van der Waals surface area contributed by atoms with Crippen LogP contribution in [0.1, 0.15) is 21.5 Å². The summed E-state index contributed by atoms with van der Waals surface area (Å²) in [5, 5.41) is 12.4. The first kappa shape index (κ1) is 26.1.